The van der Waals surface area contributed by atoms with Crippen molar-refractivity contribution in [2.45, 2.75) is 13.1 Å². The lowest BCUT2D eigenvalue weighted by Crippen LogP contribution is -2.38. The van der Waals surface area contributed by atoms with E-state index in [1.165, 1.54) is 5.69 Å². The fraction of sp³-hybridized carbons (Fsp3) is 0.294. The van der Waals surface area contributed by atoms with Crippen LogP contribution in [-0.4, -0.2) is 38.9 Å². The van der Waals surface area contributed by atoms with Crippen LogP contribution in [0.25, 0.3) is 5.65 Å². The SMILES string of the molecule is CN=C(NCc1cn2ccccc2n1)N(C)Cc1cc(Br)cn1C. The van der Waals surface area contributed by atoms with E-state index in [4.69, 9.17) is 0 Å². The van der Waals surface area contributed by atoms with Crippen LogP contribution in [0.4, 0.5) is 0 Å². The summed E-state index contributed by atoms with van der Waals surface area (Å²) < 4.78 is 5.21. The van der Waals surface area contributed by atoms with Gasteiger partial charge in [-0.2, -0.15) is 0 Å². The van der Waals surface area contributed by atoms with Crippen LogP contribution in [-0.2, 0) is 20.1 Å². The Bertz CT molecular complexity index is 830. The van der Waals surface area contributed by atoms with Crippen LogP contribution in [0.2, 0.25) is 0 Å². The smallest absolute Gasteiger partial charge is 0.194 e. The van der Waals surface area contributed by atoms with Crippen molar-refractivity contribution in [3.8, 4) is 0 Å². The van der Waals surface area contributed by atoms with Gasteiger partial charge in [0, 0.05) is 49.9 Å². The van der Waals surface area contributed by atoms with E-state index in [9.17, 15) is 0 Å². The molecule has 3 heterocycles. The maximum absolute atomic E-state index is 4.60. The second kappa shape index (κ2) is 7.09. The molecule has 0 aromatic carbocycles. The molecule has 0 bridgehead atoms. The Morgan fingerprint density at radius 3 is 2.88 bits per heavy atom. The number of nitrogens with one attached hydrogen (secondary N) is 1. The maximum Gasteiger partial charge on any atom is 0.194 e. The first-order valence-electron chi connectivity index (χ1n) is 7.72. The maximum atomic E-state index is 4.60. The van der Waals surface area contributed by atoms with Gasteiger partial charge < -0.3 is 19.2 Å². The van der Waals surface area contributed by atoms with Crippen LogP contribution in [0.3, 0.4) is 0 Å². The molecule has 0 aliphatic carbocycles. The van der Waals surface area contributed by atoms with Gasteiger partial charge in [0.05, 0.1) is 18.8 Å². The fourth-order valence-electron chi connectivity index (χ4n) is 2.67. The average Bonchev–Trinajstić information content (AvgIpc) is 3.10. The number of aliphatic imine (C=N–C) groups is 1. The lowest BCUT2D eigenvalue weighted by Gasteiger charge is -2.22. The number of aryl methyl sites for hydroxylation is 1. The van der Waals surface area contributed by atoms with Gasteiger partial charge >= 0.3 is 0 Å². The number of halogens is 1. The number of guanidine groups is 1. The third-order valence-corrected chi connectivity index (χ3v) is 4.32. The molecule has 0 saturated carbocycles. The first-order valence-corrected chi connectivity index (χ1v) is 8.51. The lowest BCUT2D eigenvalue weighted by molar-refractivity contribution is 0.461. The Labute approximate surface area is 150 Å². The highest BCUT2D eigenvalue weighted by Crippen LogP contribution is 2.15. The van der Waals surface area contributed by atoms with Gasteiger partial charge in [-0.25, -0.2) is 4.98 Å². The summed E-state index contributed by atoms with van der Waals surface area (Å²) in [6, 6.07) is 8.10. The highest BCUT2D eigenvalue weighted by molar-refractivity contribution is 9.10. The summed E-state index contributed by atoms with van der Waals surface area (Å²) in [7, 11) is 5.87. The van der Waals surface area contributed by atoms with Crippen molar-refractivity contribution in [3.63, 3.8) is 0 Å². The van der Waals surface area contributed by atoms with Crippen molar-refractivity contribution >= 4 is 27.5 Å². The summed E-state index contributed by atoms with van der Waals surface area (Å²) >= 11 is 3.51. The Hall–Kier alpha value is -2.28. The van der Waals surface area contributed by atoms with Crippen molar-refractivity contribution in [2.75, 3.05) is 14.1 Å². The predicted octanol–water partition coefficient (Wildman–Crippen LogP) is 2.64. The van der Waals surface area contributed by atoms with Gasteiger partial charge in [-0.1, -0.05) is 6.07 Å². The van der Waals surface area contributed by atoms with Crippen molar-refractivity contribution in [3.05, 3.63) is 58.7 Å². The molecule has 1 N–H and O–H groups in total. The minimum absolute atomic E-state index is 0.634. The van der Waals surface area contributed by atoms with E-state index in [0.717, 1.165) is 28.3 Å². The van der Waals surface area contributed by atoms with Crippen LogP contribution < -0.4 is 5.32 Å². The Balaban J connectivity index is 1.64. The molecule has 0 spiro atoms. The number of hydrogen-bond acceptors (Lipinski definition) is 2. The Kier molecular flexibility index (Phi) is 4.89. The third kappa shape index (κ3) is 3.62. The minimum Gasteiger partial charge on any atom is -0.352 e. The number of nitrogens with zero attached hydrogens (tertiary/aromatic N) is 5. The molecule has 7 heteroatoms. The van der Waals surface area contributed by atoms with Crippen molar-refractivity contribution in [1.29, 1.82) is 0 Å². The average molecular weight is 389 g/mol. The number of imidazole rings is 1. The van der Waals surface area contributed by atoms with Crippen LogP contribution in [0, 0.1) is 0 Å². The molecular weight excluding hydrogens is 368 g/mol. The summed E-state index contributed by atoms with van der Waals surface area (Å²) in [5.74, 6) is 0.837. The molecule has 126 valence electrons. The number of aromatic nitrogens is 3. The first kappa shape index (κ1) is 16.6. The number of hydrogen-bond donors (Lipinski definition) is 1. The quantitative estimate of drug-likeness (QED) is 0.552. The summed E-state index contributed by atoms with van der Waals surface area (Å²) in [5.41, 5.74) is 3.14. The van der Waals surface area contributed by atoms with Gasteiger partial charge in [0.25, 0.3) is 0 Å². The first-order chi connectivity index (χ1) is 11.6. The zero-order valence-electron chi connectivity index (χ0n) is 14.1. The molecule has 0 aliphatic rings. The van der Waals surface area contributed by atoms with E-state index < -0.39 is 0 Å². The second-order valence-corrected chi connectivity index (χ2v) is 6.63. The minimum atomic E-state index is 0.634. The van der Waals surface area contributed by atoms with Crippen molar-refractivity contribution < 1.29 is 0 Å². The topological polar surface area (TPSA) is 49.9 Å². The molecule has 3 aromatic rings. The normalized spacial score (nSPS) is 11.9. The number of fused-ring (bicyclic) bond motifs is 1. The summed E-state index contributed by atoms with van der Waals surface area (Å²) in [5, 5.41) is 3.37. The van der Waals surface area contributed by atoms with Crippen molar-refractivity contribution in [2.24, 2.45) is 12.0 Å². The molecular formula is C17H21BrN6. The molecule has 0 fully saturated rings. The molecule has 24 heavy (non-hydrogen) atoms. The third-order valence-electron chi connectivity index (χ3n) is 3.89. The molecule has 0 unspecified atom stereocenters. The monoisotopic (exact) mass is 388 g/mol. The van der Waals surface area contributed by atoms with Crippen LogP contribution in [0.1, 0.15) is 11.4 Å². The van der Waals surface area contributed by atoms with Gasteiger partial charge in [0.15, 0.2) is 5.96 Å². The van der Waals surface area contributed by atoms with Gasteiger partial charge in [0.1, 0.15) is 5.65 Å². The molecule has 0 amide bonds. The molecule has 0 atom stereocenters. The fourth-order valence-corrected chi connectivity index (χ4v) is 3.24. The lowest BCUT2D eigenvalue weighted by atomic mass is 10.4. The number of pyridine rings is 1. The van der Waals surface area contributed by atoms with E-state index in [1.807, 2.05) is 49.1 Å². The van der Waals surface area contributed by atoms with Gasteiger partial charge in [-0.05, 0) is 34.1 Å². The van der Waals surface area contributed by atoms with Gasteiger partial charge in [0.2, 0.25) is 0 Å². The predicted molar refractivity (Wildman–Crippen MR) is 100.0 cm³/mol. The molecule has 3 aromatic heterocycles. The highest BCUT2D eigenvalue weighted by atomic mass is 79.9. The van der Waals surface area contributed by atoms with Crippen LogP contribution in [0.15, 0.2) is 52.3 Å². The summed E-state index contributed by atoms with van der Waals surface area (Å²) in [6.07, 6.45) is 6.08. The molecule has 0 aliphatic heterocycles. The molecule has 0 radical (unpaired) electrons. The van der Waals surface area contributed by atoms with E-state index in [1.54, 1.807) is 7.05 Å². The molecule has 0 saturated heterocycles. The van der Waals surface area contributed by atoms with Crippen LogP contribution >= 0.6 is 15.9 Å². The van der Waals surface area contributed by atoms with Gasteiger partial charge in [-0.3, -0.25) is 4.99 Å². The van der Waals surface area contributed by atoms with Crippen LogP contribution in [0.5, 0.6) is 0 Å². The molecule has 3 rings (SSSR count). The van der Waals surface area contributed by atoms with E-state index in [0.29, 0.717) is 6.54 Å². The largest absolute Gasteiger partial charge is 0.352 e. The molecule has 6 nitrogen and oxygen atoms in total. The standard InChI is InChI=1S/C17H21BrN6/c1-19-17(23(3)12-15-8-13(18)10-22(15)2)20-9-14-11-24-7-5-4-6-16(24)21-14/h4-8,10-11H,9,12H2,1-3H3,(H,19,20). The highest BCUT2D eigenvalue weighted by Gasteiger charge is 2.10. The van der Waals surface area contributed by atoms with E-state index in [2.05, 4.69) is 53.0 Å². The number of rotatable bonds is 4. The van der Waals surface area contributed by atoms with Crippen molar-refractivity contribution in [1.82, 2.24) is 24.2 Å². The second-order valence-electron chi connectivity index (χ2n) is 5.72. The Morgan fingerprint density at radius 1 is 1.38 bits per heavy atom. The zero-order valence-corrected chi connectivity index (χ0v) is 15.7. The Morgan fingerprint density at radius 2 is 2.21 bits per heavy atom. The van der Waals surface area contributed by atoms with E-state index >= 15 is 0 Å². The zero-order chi connectivity index (χ0) is 17.1. The summed E-state index contributed by atoms with van der Waals surface area (Å²) in [6.45, 7) is 1.41. The van der Waals surface area contributed by atoms with Gasteiger partial charge in [-0.15, -0.1) is 0 Å². The van der Waals surface area contributed by atoms with E-state index in [-0.39, 0.29) is 0 Å². The summed E-state index contributed by atoms with van der Waals surface area (Å²) in [4.78, 5) is 11.1.